The molecule has 8 heteroatoms. The highest BCUT2D eigenvalue weighted by Crippen LogP contribution is 2.44. The van der Waals surface area contributed by atoms with Crippen LogP contribution in [0.25, 0.3) is 11.3 Å². The van der Waals surface area contributed by atoms with Crippen molar-refractivity contribution in [2.45, 2.75) is 33.3 Å². The topological polar surface area (TPSA) is 83.0 Å². The molecule has 194 valence electrons. The number of nitrogens with zero attached hydrogens (tertiary/aromatic N) is 3. The van der Waals surface area contributed by atoms with Gasteiger partial charge in [0.05, 0.1) is 11.6 Å². The zero-order chi connectivity index (χ0) is 26.3. The van der Waals surface area contributed by atoms with E-state index in [1.54, 1.807) is 30.3 Å². The lowest BCUT2D eigenvalue weighted by Gasteiger charge is -2.35. The number of carbonyl (C=O) groups excluding carboxylic acids is 1. The van der Waals surface area contributed by atoms with Crippen molar-refractivity contribution in [2.24, 2.45) is 17.8 Å². The molecule has 2 bridgehead atoms. The maximum Gasteiger partial charge on any atom is 0.307 e. The van der Waals surface area contributed by atoms with Gasteiger partial charge in [0.1, 0.15) is 12.4 Å². The van der Waals surface area contributed by atoms with Gasteiger partial charge in [-0.05, 0) is 73.9 Å². The highest BCUT2D eigenvalue weighted by Gasteiger charge is 2.46. The molecule has 1 amide bonds. The minimum atomic E-state index is -0.650. The Kier molecular flexibility index (Phi) is 6.94. The molecule has 1 N–H and O–H groups in total. The second kappa shape index (κ2) is 10.2. The summed E-state index contributed by atoms with van der Waals surface area (Å²) in [6.07, 6.45) is 1.96. The number of piperidine rings is 1. The average molecular weight is 520 g/mol. The van der Waals surface area contributed by atoms with Crippen molar-refractivity contribution in [3.8, 4) is 17.0 Å². The number of aromatic nitrogens is 1. The number of carboxylic acids is 1. The van der Waals surface area contributed by atoms with E-state index in [0.717, 1.165) is 64.8 Å². The van der Waals surface area contributed by atoms with Crippen LogP contribution in [0.5, 0.6) is 5.75 Å². The number of carboxylic acid groups (broad SMARTS) is 1. The van der Waals surface area contributed by atoms with Crippen LogP contribution in [-0.2, 0) is 11.4 Å². The lowest BCUT2D eigenvalue weighted by Crippen LogP contribution is -2.44. The molecule has 3 aromatic rings. The molecule has 3 atom stereocenters. The van der Waals surface area contributed by atoms with Gasteiger partial charge in [-0.25, -0.2) is 4.98 Å². The van der Waals surface area contributed by atoms with Crippen molar-refractivity contribution in [1.82, 2.24) is 9.88 Å². The molecule has 2 aromatic carbocycles. The highest BCUT2D eigenvalue weighted by atomic mass is 32.1. The normalized spacial score (nSPS) is 20.6. The number of carbonyl (C=O) groups is 2. The van der Waals surface area contributed by atoms with Crippen molar-refractivity contribution in [3.05, 3.63) is 64.0 Å². The largest absolute Gasteiger partial charge is 0.488 e. The summed E-state index contributed by atoms with van der Waals surface area (Å²) in [5.74, 6) is 0.276. The number of thiazole rings is 1. The first kappa shape index (κ1) is 25.3. The molecule has 1 saturated heterocycles. The van der Waals surface area contributed by atoms with Gasteiger partial charge < -0.3 is 19.6 Å². The smallest absolute Gasteiger partial charge is 0.307 e. The summed E-state index contributed by atoms with van der Waals surface area (Å²) in [5, 5.41) is 12.6. The summed E-state index contributed by atoms with van der Waals surface area (Å²) in [6.45, 7) is 5.95. The fraction of sp³-hybridized carbons (Fsp3) is 0.414. The molecular formula is C29H33N3O4S. The zero-order valence-corrected chi connectivity index (χ0v) is 22.5. The van der Waals surface area contributed by atoms with E-state index in [1.807, 2.05) is 37.3 Å². The van der Waals surface area contributed by atoms with E-state index in [1.165, 1.54) is 0 Å². The third-order valence-corrected chi connectivity index (χ3v) is 8.57. The van der Waals surface area contributed by atoms with Crippen molar-refractivity contribution in [3.63, 3.8) is 0 Å². The quantitative estimate of drug-likeness (QED) is 0.459. The standard InChI is InChI=1S/C29H33N3O4S/c1-17-5-10-25(36-15-22-9-6-19(12-18(22)2)27(33)31(3)4)23(11-17)24-16-37-29(30-24)32-13-20-7-8-21(14-32)26(20)28(34)35/h5-6,9-12,16,20-21,26H,7-8,13-15H2,1-4H3,(H,34,35)/t20-,21+,26?. The van der Waals surface area contributed by atoms with Crippen LogP contribution in [-0.4, -0.2) is 54.1 Å². The van der Waals surface area contributed by atoms with E-state index < -0.39 is 5.97 Å². The number of hydrogen-bond donors (Lipinski definition) is 1. The van der Waals surface area contributed by atoms with E-state index in [2.05, 4.69) is 23.3 Å². The Morgan fingerprint density at radius 2 is 1.84 bits per heavy atom. The number of ether oxygens (including phenoxy) is 1. The monoisotopic (exact) mass is 519 g/mol. The summed E-state index contributed by atoms with van der Waals surface area (Å²) in [6, 6.07) is 11.8. The van der Waals surface area contributed by atoms with Gasteiger partial charge in [0.2, 0.25) is 0 Å². The van der Waals surface area contributed by atoms with Crippen molar-refractivity contribution < 1.29 is 19.4 Å². The van der Waals surface area contributed by atoms with Crippen molar-refractivity contribution in [1.29, 1.82) is 0 Å². The summed E-state index contributed by atoms with van der Waals surface area (Å²) in [7, 11) is 3.50. The molecule has 1 unspecified atom stereocenters. The van der Waals surface area contributed by atoms with Gasteiger partial charge in [-0.3, -0.25) is 9.59 Å². The number of aliphatic carboxylic acids is 1. The average Bonchev–Trinajstić information content (AvgIpc) is 3.46. The van der Waals surface area contributed by atoms with Gasteiger partial charge in [-0.2, -0.15) is 0 Å². The van der Waals surface area contributed by atoms with Crippen LogP contribution in [0.1, 0.15) is 39.9 Å². The Balaban J connectivity index is 1.33. The Labute approximate surface area is 221 Å². The van der Waals surface area contributed by atoms with Crippen LogP contribution in [0.15, 0.2) is 41.8 Å². The van der Waals surface area contributed by atoms with E-state index in [0.29, 0.717) is 12.2 Å². The Hall–Kier alpha value is -3.39. The lowest BCUT2D eigenvalue weighted by molar-refractivity contribution is -0.144. The number of anilines is 1. The molecule has 2 heterocycles. The molecule has 5 rings (SSSR count). The Bertz CT molecular complexity index is 1320. The Morgan fingerprint density at radius 1 is 1.11 bits per heavy atom. The second-order valence-electron chi connectivity index (χ2n) is 10.5. The van der Waals surface area contributed by atoms with Crippen LogP contribution in [0, 0.1) is 31.6 Å². The first-order valence-electron chi connectivity index (χ1n) is 12.7. The second-order valence-corrected chi connectivity index (χ2v) is 11.3. The van der Waals surface area contributed by atoms with Crippen LogP contribution in [0.2, 0.25) is 0 Å². The van der Waals surface area contributed by atoms with Crippen molar-refractivity contribution >= 4 is 28.3 Å². The molecule has 0 spiro atoms. The number of hydrogen-bond acceptors (Lipinski definition) is 6. The number of benzene rings is 2. The third kappa shape index (κ3) is 5.07. The van der Waals surface area contributed by atoms with E-state index >= 15 is 0 Å². The first-order chi connectivity index (χ1) is 17.7. The maximum atomic E-state index is 12.3. The fourth-order valence-electron chi connectivity index (χ4n) is 5.69. The Morgan fingerprint density at radius 3 is 2.49 bits per heavy atom. The van der Waals surface area contributed by atoms with Gasteiger partial charge in [0.25, 0.3) is 5.91 Å². The van der Waals surface area contributed by atoms with Gasteiger partial charge in [0, 0.05) is 43.7 Å². The predicted octanol–water partition coefficient (Wildman–Crippen LogP) is 5.25. The van der Waals surface area contributed by atoms with Crippen LogP contribution in [0.3, 0.4) is 0 Å². The molecule has 1 saturated carbocycles. The van der Waals surface area contributed by atoms with Crippen LogP contribution >= 0.6 is 11.3 Å². The molecule has 1 aliphatic carbocycles. The molecule has 1 aromatic heterocycles. The molecule has 2 aliphatic rings. The summed E-state index contributed by atoms with van der Waals surface area (Å²) in [5.41, 5.74) is 5.64. The summed E-state index contributed by atoms with van der Waals surface area (Å²) >= 11 is 1.61. The summed E-state index contributed by atoms with van der Waals surface area (Å²) < 4.78 is 6.29. The number of aryl methyl sites for hydroxylation is 2. The highest BCUT2D eigenvalue weighted by molar-refractivity contribution is 7.14. The number of rotatable bonds is 7. The third-order valence-electron chi connectivity index (χ3n) is 7.67. The molecular weight excluding hydrogens is 486 g/mol. The zero-order valence-electron chi connectivity index (χ0n) is 21.7. The molecule has 2 fully saturated rings. The number of fused-ring (bicyclic) bond motifs is 2. The summed E-state index contributed by atoms with van der Waals surface area (Å²) in [4.78, 5) is 32.8. The van der Waals surface area contributed by atoms with E-state index in [4.69, 9.17) is 9.72 Å². The fourth-order valence-corrected chi connectivity index (χ4v) is 6.54. The molecule has 37 heavy (non-hydrogen) atoms. The molecule has 0 radical (unpaired) electrons. The van der Waals surface area contributed by atoms with Gasteiger partial charge in [-0.15, -0.1) is 11.3 Å². The van der Waals surface area contributed by atoms with Crippen LogP contribution < -0.4 is 9.64 Å². The number of amides is 1. The van der Waals surface area contributed by atoms with E-state index in [-0.39, 0.29) is 23.7 Å². The molecule has 7 nitrogen and oxygen atoms in total. The minimum absolute atomic E-state index is 0.0177. The van der Waals surface area contributed by atoms with E-state index in [9.17, 15) is 14.7 Å². The van der Waals surface area contributed by atoms with Crippen molar-refractivity contribution in [2.75, 3.05) is 32.1 Å². The first-order valence-corrected chi connectivity index (χ1v) is 13.6. The lowest BCUT2D eigenvalue weighted by atomic mass is 9.85. The minimum Gasteiger partial charge on any atom is -0.488 e. The molecule has 1 aliphatic heterocycles. The van der Waals surface area contributed by atoms with Gasteiger partial charge in [0.15, 0.2) is 5.13 Å². The SMILES string of the molecule is Cc1ccc(OCc2ccc(C(=O)N(C)C)cc2C)c(-c2csc(N3C[C@H]4CC[C@@H](C3)C4C(=O)O)n2)c1. The maximum absolute atomic E-state index is 12.3. The van der Waals surface area contributed by atoms with Crippen LogP contribution in [0.4, 0.5) is 5.13 Å². The predicted molar refractivity (Wildman–Crippen MR) is 145 cm³/mol. The van der Waals surface area contributed by atoms with Gasteiger partial charge >= 0.3 is 5.97 Å². The van der Waals surface area contributed by atoms with Gasteiger partial charge in [-0.1, -0.05) is 17.7 Å².